The standard InChI is InChI=1S/C19H22N4O/c1-3-15-16-19(24)21-17(13-10-8-12(2)9-11-13)22-23(16)18(20-15)14-6-4-5-7-14/h8-11,14H,3-7H2,1-2H3,(H,21,22,24). The molecule has 4 rings (SSSR count). The molecule has 1 aliphatic rings. The predicted octanol–water partition coefficient (Wildman–Crippen LogP) is 3.61. The molecule has 2 aromatic heterocycles. The first-order valence-corrected chi connectivity index (χ1v) is 8.76. The second-order valence-corrected chi connectivity index (χ2v) is 6.68. The van der Waals surface area contributed by atoms with E-state index < -0.39 is 0 Å². The van der Waals surface area contributed by atoms with Gasteiger partial charge in [0.1, 0.15) is 5.82 Å². The van der Waals surface area contributed by atoms with E-state index in [1.165, 1.54) is 18.4 Å². The topological polar surface area (TPSA) is 63.1 Å². The molecule has 5 nitrogen and oxygen atoms in total. The summed E-state index contributed by atoms with van der Waals surface area (Å²) in [5, 5.41) is 4.75. The minimum absolute atomic E-state index is 0.103. The third-order valence-electron chi connectivity index (χ3n) is 4.98. The van der Waals surface area contributed by atoms with Crippen molar-refractivity contribution in [3.63, 3.8) is 0 Å². The van der Waals surface area contributed by atoms with Gasteiger partial charge in [-0.3, -0.25) is 4.79 Å². The molecule has 124 valence electrons. The van der Waals surface area contributed by atoms with Gasteiger partial charge in [0.15, 0.2) is 11.3 Å². The fourth-order valence-electron chi connectivity index (χ4n) is 3.63. The average molecular weight is 322 g/mol. The second kappa shape index (κ2) is 5.89. The third-order valence-corrected chi connectivity index (χ3v) is 4.98. The highest BCUT2D eigenvalue weighted by Gasteiger charge is 2.25. The number of nitrogens with one attached hydrogen (secondary N) is 1. The minimum Gasteiger partial charge on any atom is -0.303 e. The molecule has 3 aromatic rings. The molecule has 0 atom stereocenters. The number of aromatic amines is 1. The minimum atomic E-state index is -0.103. The maximum Gasteiger partial charge on any atom is 0.277 e. The van der Waals surface area contributed by atoms with Crippen LogP contribution >= 0.6 is 0 Å². The smallest absolute Gasteiger partial charge is 0.277 e. The molecule has 0 aliphatic heterocycles. The van der Waals surface area contributed by atoms with Crippen molar-refractivity contribution in [1.82, 2.24) is 19.6 Å². The highest BCUT2D eigenvalue weighted by Crippen LogP contribution is 2.34. The van der Waals surface area contributed by atoms with Crippen LogP contribution in [0.2, 0.25) is 0 Å². The maximum atomic E-state index is 12.7. The lowest BCUT2D eigenvalue weighted by Crippen LogP contribution is -2.16. The molecule has 1 fully saturated rings. The van der Waals surface area contributed by atoms with Crippen LogP contribution < -0.4 is 5.56 Å². The first-order valence-electron chi connectivity index (χ1n) is 8.76. The number of benzene rings is 1. The third kappa shape index (κ3) is 2.44. The Morgan fingerprint density at radius 1 is 1.21 bits per heavy atom. The van der Waals surface area contributed by atoms with Crippen LogP contribution in [0.3, 0.4) is 0 Å². The normalized spacial score (nSPS) is 15.4. The Balaban J connectivity index is 1.93. The van der Waals surface area contributed by atoms with E-state index in [9.17, 15) is 4.79 Å². The highest BCUT2D eigenvalue weighted by molar-refractivity contribution is 5.58. The van der Waals surface area contributed by atoms with Crippen molar-refractivity contribution in [2.45, 2.75) is 51.9 Å². The first kappa shape index (κ1) is 15.1. The summed E-state index contributed by atoms with van der Waals surface area (Å²) < 4.78 is 1.81. The number of nitrogens with zero attached hydrogens (tertiary/aromatic N) is 3. The van der Waals surface area contributed by atoms with E-state index in [0.29, 0.717) is 17.3 Å². The number of rotatable bonds is 3. The van der Waals surface area contributed by atoms with Crippen molar-refractivity contribution in [3.05, 3.63) is 51.7 Å². The van der Waals surface area contributed by atoms with E-state index in [1.54, 1.807) is 0 Å². The van der Waals surface area contributed by atoms with Crippen molar-refractivity contribution in [2.75, 3.05) is 0 Å². The summed E-state index contributed by atoms with van der Waals surface area (Å²) in [7, 11) is 0. The molecule has 0 spiro atoms. The van der Waals surface area contributed by atoms with Gasteiger partial charge < -0.3 is 4.98 Å². The van der Waals surface area contributed by atoms with E-state index in [2.05, 4.69) is 4.98 Å². The van der Waals surface area contributed by atoms with Crippen LogP contribution in [0.15, 0.2) is 29.1 Å². The Kier molecular flexibility index (Phi) is 3.71. The zero-order valence-corrected chi connectivity index (χ0v) is 14.2. The second-order valence-electron chi connectivity index (χ2n) is 6.68. The number of aromatic nitrogens is 4. The van der Waals surface area contributed by atoms with E-state index in [0.717, 1.165) is 36.3 Å². The SMILES string of the molecule is CCc1nc(C2CCCC2)n2nc(-c3ccc(C)cc3)[nH]c(=O)c12. The van der Waals surface area contributed by atoms with Gasteiger partial charge in [0.2, 0.25) is 0 Å². The predicted molar refractivity (Wildman–Crippen MR) is 94.4 cm³/mol. The summed E-state index contributed by atoms with van der Waals surface area (Å²) in [6.45, 7) is 4.08. The fraction of sp³-hybridized carbons (Fsp3) is 0.421. The Hall–Kier alpha value is -2.43. The highest BCUT2D eigenvalue weighted by atomic mass is 16.1. The summed E-state index contributed by atoms with van der Waals surface area (Å²) >= 11 is 0. The molecule has 0 radical (unpaired) electrons. The fourth-order valence-corrected chi connectivity index (χ4v) is 3.63. The van der Waals surface area contributed by atoms with Crippen molar-refractivity contribution >= 4 is 5.52 Å². The summed E-state index contributed by atoms with van der Waals surface area (Å²) in [6.07, 6.45) is 5.47. The molecule has 0 amide bonds. The van der Waals surface area contributed by atoms with Crippen LogP contribution in [0.1, 0.15) is 55.6 Å². The van der Waals surface area contributed by atoms with E-state index in [1.807, 2.05) is 42.6 Å². The van der Waals surface area contributed by atoms with Gasteiger partial charge in [-0.1, -0.05) is 49.6 Å². The molecule has 0 bridgehead atoms. The lowest BCUT2D eigenvalue weighted by atomic mass is 10.1. The monoisotopic (exact) mass is 322 g/mol. The number of imidazole rings is 1. The molecule has 1 aliphatic carbocycles. The van der Waals surface area contributed by atoms with Gasteiger partial charge in [-0.05, 0) is 26.2 Å². The van der Waals surface area contributed by atoms with Crippen LogP contribution in [-0.2, 0) is 6.42 Å². The van der Waals surface area contributed by atoms with Crippen LogP contribution in [-0.4, -0.2) is 19.6 Å². The van der Waals surface area contributed by atoms with Gasteiger partial charge in [-0.2, -0.15) is 0 Å². The van der Waals surface area contributed by atoms with Crippen molar-refractivity contribution in [3.8, 4) is 11.4 Å². The Labute approximate surface area is 140 Å². The van der Waals surface area contributed by atoms with Crippen LogP contribution in [0.25, 0.3) is 16.9 Å². The van der Waals surface area contributed by atoms with Gasteiger partial charge in [0, 0.05) is 11.5 Å². The zero-order chi connectivity index (χ0) is 16.7. The number of fused-ring (bicyclic) bond motifs is 1. The first-order chi connectivity index (χ1) is 11.7. The summed E-state index contributed by atoms with van der Waals surface area (Å²) in [5.74, 6) is 1.98. The Morgan fingerprint density at radius 2 is 1.92 bits per heavy atom. The van der Waals surface area contributed by atoms with Crippen LogP contribution in [0, 0.1) is 6.92 Å². The maximum absolute atomic E-state index is 12.7. The molecule has 1 N–H and O–H groups in total. The Bertz CT molecular complexity index is 930. The van der Waals surface area contributed by atoms with Crippen LogP contribution in [0.5, 0.6) is 0 Å². The van der Waals surface area contributed by atoms with Gasteiger partial charge in [0.25, 0.3) is 5.56 Å². The summed E-state index contributed by atoms with van der Waals surface area (Å²) in [4.78, 5) is 20.4. The lowest BCUT2D eigenvalue weighted by molar-refractivity contribution is 0.639. The molecule has 24 heavy (non-hydrogen) atoms. The molecule has 2 heterocycles. The zero-order valence-electron chi connectivity index (χ0n) is 14.2. The average Bonchev–Trinajstić information content (AvgIpc) is 3.22. The molecule has 1 aromatic carbocycles. The molecule has 1 saturated carbocycles. The van der Waals surface area contributed by atoms with E-state index >= 15 is 0 Å². The number of H-pyrrole nitrogens is 1. The summed E-state index contributed by atoms with van der Waals surface area (Å²) in [6, 6.07) is 8.05. The van der Waals surface area contributed by atoms with Crippen molar-refractivity contribution < 1.29 is 0 Å². The number of hydrogen-bond donors (Lipinski definition) is 1. The number of aryl methyl sites for hydroxylation is 2. The Morgan fingerprint density at radius 3 is 2.58 bits per heavy atom. The molecule has 0 unspecified atom stereocenters. The van der Waals surface area contributed by atoms with Crippen LogP contribution in [0.4, 0.5) is 0 Å². The molecule has 5 heteroatoms. The van der Waals surface area contributed by atoms with Crippen molar-refractivity contribution in [1.29, 1.82) is 0 Å². The van der Waals surface area contributed by atoms with Gasteiger partial charge in [0.05, 0.1) is 5.69 Å². The summed E-state index contributed by atoms with van der Waals surface area (Å²) in [5.41, 5.74) is 3.46. The van der Waals surface area contributed by atoms with E-state index in [-0.39, 0.29) is 5.56 Å². The van der Waals surface area contributed by atoms with E-state index in [4.69, 9.17) is 10.1 Å². The number of hydrogen-bond acceptors (Lipinski definition) is 3. The van der Waals surface area contributed by atoms with Gasteiger partial charge in [-0.15, -0.1) is 5.10 Å². The molecular formula is C19H22N4O. The molecular weight excluding hydrogens is 300 g/mol. The molecule has 0 saturated heterocycles. The van der Waals surface area contributed by atoms with Gasteiger partial charge in [-0.25, -0.2) is 9.50 Å². The van der Waals surface area contributed by atoms with Gasteiger partial charge >= 0.3 is 0 Å². The van der Waals surface area contributed by atoms with Crippen molar-refractivity contribution in [2.24, 2.45) is 0 Å². The quantitative estimate of drug-likeness (QED) is 0.801. The largest absolute Gasteiger partial charge is 0.303 e. The lowest BCUT2D eigenvalue weighted by Gasteiger charge is -2.08.